The Balaban J connectivity index is 2.72. The first kappa shape index (κ1) is 14.0. The molecule has 0 bridgehead atoms. The summed E-state index contributed by atoms with van der Waals surface area (Å²) in [7, 11) is 0. The molecule has 0 aromatic carbocycles. The maximum absolute atomic E-state index is 12.0. The van der Waals surface area contributed by atoms with Gasteiger partial charge in [-0.3, -0.25) is 4.79 Å². The molecule has 1 heterocycles. The van der Waals surface area contributed by atoms with Crippen LogP contribution in [0.3, 0.4) is 0 Å². The first-order valence-electron chi connectivity index (χ1n) is 6.26. The fourth-order valence-corrected chi connectivity index (χ4v) is 2.29. The van der Waals surface area contributed by atoms with Crippen molar-refractivity contribution in [2.75, 3.05) is 6.54 Å². The van der Waals surface area contributed by atoms with Crippen molar-refractivity contribution in [3.05, 3.63) is 0 Å². The SMILES string of the molecule is CCCC(N)C(=O)N1CCC(C)CC1C(=O)O. The number of carboxylic acid groups (broad SMARTS) is 1. The van der Waals surface area contributed by atoms with E-state index >= 15 is 0 Å². The zero-order valence-electron chi connectivity index (χ0n) is 10.6. The molecule has 1 saturated heterocycles. The number of hydrogen-bond acceptors (Lipinski definition) is 3. The van der Waals surface area contributed by atoms with Crippen LogP contribution in [0, 0.1) is 5.92 Å². The van der Waals surface area contributed by atoms with Crippen molar-refractivity contribution in [3.8, 4) is 0 Å². The smallest absolute Gasteiger partial charge is 0.326 e. The number of rotatable bonds is 4. The maximum Gasteiger partial charge on any atom is 0.326 e. The second kappa shape index (κ2) is 6.00. The van der Waals surface area contributed by atoms with Crippen LogP contribution < -0.4 is 5.73 Å². The summed E-state index contributed by atoms with van der Waals surface area (Å²) < 4.78 is 0. The largest absolute Gasteiger partial charge is 0.480 e. The van der Waals surface area contributed by atoms with Gasteiger partial charge in [0.15, 0.2) is 0 Å². The van der Waals surface area contributed by atoms with Gasteiger partial charge in [0.2, 0.25) is 5.91 Å². The van der Waals surface area contributed by atoms with Crippen molar-refractivity contribution in [3.63, 3.8) is 0 Å². The van der Waals surface area contributed by atoms with E-state index in [2.05, 4.69) is 0 Å². The maximum atomic E-state index is 12.0. The first-order chi connectivity index (χ1) is 7.97. The molecule has 17 heavy (non-hydrogen) atoms. The van der Waals surface area contributed by atoms with E-state index in [1.807, 2.05) is 13.8 Å². The Labute approximate surface area is 102 Å². The minimum absolute atomic E-state index is 0.217. The van der Waals surface area contributed by atoms with Gasteiger partial charge in [0.05, 0.1) is 6.04 Å². The Bertz CT molecular complexity index is 293. The number of hydrogen-bond donors (Lipinski definition) is 2. The summed E-state index contributed by atoms with van der Waals surface area (Å²) in [6.07, 6.45) is 2.82. The lowest BCUT2D eigenvalue weighted by Crippen LogP contribution is -2.54. The van der Waals surface area contributed by atoms with E-state index in [4.69, 9.17) is 10.8 Å². The average Bonchev–Trinajstić information content (AvgIpc) is 2.28. The van der Waals surface area contributed by atoms with Gasteiger partial charge in [-0.1, -0.05) is 20.3 Å². The summed E-state index contributed by atoms with van der Waals surface area (Å²) in [5.41, 5.74) is 5.77. The van der Waals surface area contributed by atoms with Crippen LogP contribution in [-0.2, 0) is 9.59 Å². The molecule has 1 amide bonds. The second-order valence-electron chi connectivity index (χ2n) is 4.91. The number of aliphatic carboxylic acids is 1. The van der Waals surface area contributed by atoms with Crippen LogP contribution in [0.25, 0.3) is 0 Å². The summed E-state index contributed by atoms with van der Waals surface area (Å²) in [6, 6.07) is -1.26. The first-order valence-corrected chi connectivity index (χ1v) is 6.26. The van der Waals surface area contributed by atoms with Crippen LogP contribution in [0.1, 0.15) is 39.5 Å². The highest BCUT2D eigenvalue weighted by Crippen LogP contribution is 2.23. The molecule has 1 fully saturated rings. The normalized spacial score (nSPS) is 26.6. The standard InChI is InChI=1S/C12H22N2O3/c1-3-4-9(13)11(15)14-6-5-8(2)7-10(14)12(16)17/h8-10H,3-7,13H2,1-2H3,(H,16,17). The van der Waals surface area contributed by atoms with Crippen molar-refractivity contribution in [2.45, 2.75) is 51.6 Å². The Morgan fingerprint density at radius 3 is 2.71 bits per heavy atom. The molecule has 98 valence electrons. The number of nitrogens with zero attached hydrogens (tertiary/aromatic N) is 1. The number of nitrogens with two attached hydrogens (primary N) is 1. The third kappa shape index (κ3) is 3.43. The number of carboxylic acids is 1. The lowest BCUT2D eigenvalue weighted by molar-refractivity contribution is -0.153. The molecule has 1 aliphatic rings. The number of carbonyl (C=O) groups excluding carboxylic acids is 1. The van der Waals surface area contributed by atoms with Crippen LogP contribution in [0.4, 0.5) is 0 Å². The summed E-state index contributed by atoms with van der Waals surface area (Å²) in [4.78, 5) is 24.7. The molecule has 0 aliphatic carbocycles. The van der Waals surface area contributed by atoms with E-state index in [1.165, 1.54) is 4.90 Å². The average molecular weight is 242 g/mol. The monoisotopic (exact) mass is 242 g/mol. The van der Waals surface area contributed by atoms with E-state index in [0.29, 0.717) is 25.3 Å². The zero-order valence-corrected chi connectivity index (χ0v) is 10.6. The second-order valence-corrected chi connectivity index (χ2v) is 4.91. The highest BCUT2D eigenvalue weighted by atomic mass is 16.4. The van der Waals surface area contributed by atoms with Crippen molar-refractivity contribution in [1.82, 2.24) is 4.90 Å². The number of carbonyl (C=O) groups is 2. The third-order valence-corrected chi connectivity index (χ3v) is 3.35. The lowest BCUT2D eigenvalue weighted by Gasteiger charge is -2.37. The van der Waals surface area contributed by atoms with E-state index in [0.717, 1.165) is 12.8 Å². The summed E-state index contributed by atoms with van der Waals surface area (Å²) in [6.45, 7) is 4.48. The Kier molecular flexibility index (Phi) is 4.93. The van der Waals surface area contributed by atoms with Crippen LogP contribution in [0.5, 0.6) is 0 Å². The molecule has 5 heteroatoms. The molecular formula is C12H22N2O3. The topological polar surface area (TPSA) is 83.6 Å². The molecule has 3 unspecified atom stereocenters. The number of amides is 1. The quantitative estimate of drug-likeness (QED) is 0.764. The van der Waals surface area contributed by atoms with E-state index < -0.39 is 18.1 Å². The number of piperidine rings is 1. The molecule has 0 radical (unpaired) electrons. The molecular weight excluding hydrogens is 220 g/mol. The van der Waals surface area contributed by atoms with Gasteiger partial charge in [-0.25, -0.2) is 4.79 Å². The van der Waals surface area contributed by atoms with Crippen molar-refractivity contribution in [1.29, 1.82) is 0 Å². The van der Waals surface area contributed by atoms with Crippen LogP contribution in [0.2, 0.25) is 0 Å². The van der Waals surface area contributed by atoms with Crippen molar-refractivity contribution >= 4 is 11.9 Å². The van der Waals surface area contributed by atoms with Crippen LogP contribution in [0.15, 0.2) is 0 Å². The van der Waals surface area contributed by atoms with E-state index in [1.54, 1.807) is 0 Å². The van der Waals surface area contributed by atoms with Gasteiger partial charge >= 0.3 is 5.97 Å². The molecule has 5 nitrogen and oxygen atoms in total. The molecule has 0 saturated carbocycles. The summed E-state index contributed by atoms with van der Waals surface area (Å²) in [5, 5.41) is 9.15. The van der Waals surface area contributed by atoms with Gasteiger partial charge in [0.1, 0.15) is 6.04 Å². The van der Waals surface area contributed by atoms with Crippen LogP contribution >= 0.6 is 0 Å². The molecule has 1 rings (SSSR count). The minimum Gasteiger partial charge on any atom is -0.480 e. The molecule has 3 atom stereocenters. The number of likely N-dealkylation sites (tertiary alicyclic amines) is 1. The fraction of sp³-hybridized carbons (Fsp3) is 0.833. The molecule has 0 aromatic heterocycles. The molecule has 0 aromatic rings. The highest BCUT2D eigenvalue weighted by molar-refractivity contribution is 5.87. The van der Waals surface area contributed by atoms with Crippen molar-refractivity contribution < 1.29 is 14.7 Å². The van der Waals surface area contributed by atoms with Gasteiger partial charge in [-0.05, 0) is 25.2 Å². The summed E-state index contributed by atoms with van der Waals surface area (Å²) in [5.74, 6) is -0.790. The van der Waals surface area contributed by atoms with Gasteiger partial charge in [0.25, 0.3) is 0 Å². The minimum atomic E-state index is -0.923. The van der Waals surface area contributed by atoms with E-state index in [-0.39, 0.29) is 5.91 Å². The Morgan fingerprint density at radius 2 is 2.18 bits per heavy atom. The predicted octanol–water partition coefficient (Wildman–Crippen LogP) is 0.825. The zero-order chi connectivity index (χ0) is 13.0. The van der Waals surface area contributed by atoms with Gasteiger partial charge in [0, 0.05) is 6.54 Å². The van der Waals surface area contributed by atoms with Gasteiger partial charge < -0.3 is 15.7 Å². The third-order valence-electron chi connectivity index (χ3n) is 3.35. The van der Waals surface area contributed by atoms with E-state index in [9.17, 15) is 9.59 Å². The van der Waals surface area contributed by atoms with Gasteiger partial charge in [-0.15, -0.1) is 0 Å². The van der Waals surface area contributed by atoms with Gasteiger partial charge in [-0.2, -0.15) is 0 Å². The van der Waals surface area contributed by atoms with Crippen LogP contribution in [-0.4, -0.2) is 40.5 Å². The molecule has 3 N–H and O–H groups in total. The molecule has 1 aliphatic heterocycles. The Morgan fingerprint density at radius 1 is 1.53 bits per heavy atom. The fourth-order valence-electron chi connectivity index (χ4n) is 2.29. The summed E-state index contributed by atoms with van der Waals surface area (Å²) >= 11 is 0. The predicted molar refractivity (Wildman–Crippen MR) is 64.4 cm³/mol. The highest BCUT2D eigenvalue weighted by Gasteiger charge is 2.36. The van der Waals surface area contributed by atoms with Crippen molar-refractivity contribution in [2.24, 2.45) is 11.7 Å². The lowest BCUT2D eigenvalue weighted by atomic mass is 9.91. The Hall–Kier alpha value is -1.10. The molecule has 0 spiro atoms.